The molecular weight excluding hydrogens is 232 g/mol. The largest absolute Gasteiger partial charge is 0.356 e. The predicted molar refractivity (Wildman–Crippen MR) is 65.8 cm³/mol. The average Bonchev–Trinajstić information content (AvgIpc) is 2.91. The zero-order valence-electron chi connectivity index (χ0n) is 10.5. The molecule has 2 rings (SSSR count). The number of rotatable bonds is 6. The van der Waals surface area contributed by atoms with E-state index in [0.717, 1.165) is 19.5 Å². The van der Waals surface area contributed by atoms with Crippen LogP contribution in [-0.4, -0.2) is 35.7 Å². The van der Waals surface area contributed by atoms with Crippen molar-refractivity contribution < 1.29 is 9.32 Å². The molecule has 0 aliphatic carbocycles. The quantitative estimate of drug-likeness (QED) is 0.771. The van der Waals surface area contributed by atoms with Gasteiger partial charge in [-0.25, -0.2) is 0 Å². The summed E-state index contributed by atoms with van der Waals surface area (Å²) < 4.78 is 4.85. The lowest BCUT2D eigenvalue weighted by molar-refractivity contribution is -0.121. The van der Waals surface area contributed by atoms with E-state index in [0.29, 0.717) is 31.2 Å². The topological polar surface area (TPSA) is 80.0 Å². The molecule has 0 saturated carbocycles. The van der Waals surface area contributed by atoms with Gasteiger partial charge in [-0.3, -0.25) is 4.79 Å². The minimum atomic E-state index is 0.111. The van der Waals surface area contributed by atoms with Crippen LogP contribution in [0.15, 0.2) is 10.9 Å². The van der Waals surface area contributed by atoms with E-state index in [1.54, 1.807) is 0 Å². The molecule has 18 heavy (non-hydrogen) atoms. The molecule has 1 unspecified atom stereocenters. The number of carbonyl (C=O) groups is 1. The van der Waals surface area contributed by atoms with Gasteiger partial charge in [0.15, 0.2) is 6.33 Å². The number of piperidine rings is 1. The third kappa shape index (κ3) is 4.44. The van der Waals surface area contributed by atoms with Crippen LogP contribution in [0, 0.1) is 5.92 Å². The molecular formula is C12H20N4O2. The first-order valence-electron chi connectivity index (χ1n) is 6.57. The van der Waals surface area contributed by atoms with Gasteiger partial charge in [0.2, 0.25) is 11.8 Å². The molecule has 1 amide bonds. The number of hydrogen-bond donors (Lipinski definition) is 2. The second kappa shape index (κ2) is 7.10. The Morgan fingerprint density at radius 1 is 1.61 bits per heavy atom. The minimum absolute atomic E-state index is 0.111. The number of carbonyl (C=O) groups excluding carboxylic acids is 1. The fourth-order valence-corrected chi connectivity index (χ4v) is 2.21. The summed E-state index contributed by atoms with van der Waals surface area (Å²) in [6.07, 6.45) is 6.01. The standard InChI is InChI=1S/C12H20N4O2/c17-11(4-3-10-2-1-6-13-8-10)14-7-5-12-15-9-16-18-12/h9-10,13H,1-8H2,(H,14,17). The Labute approximate surface area is 107 Å². The molecule has 2 N–H and O–H groups in total. The molecule has 100 valence electrons. The van der Waals surface area contributed by atoms with Crippen LogP contribution >= 0.6 is 0 Å². The summed E-state index contributed by atoms with van der Waals surface area (Å²) in [5.74, 6) is 1.33. The smallest absolute Gasteiger partial charge is 0.228 e. The highest BCUT2D eigenvalue weighted by atomic mass is 16.5. The van der Waals surface area contributed by atoms with Crippen LogP contribution in [0.2, 0.25) is 0 Å². The third-order valence-electron chi connectivity index (χ3n) is 3.25. The summed E-state index contributed by atoms with van der Waals surface area (Å²) in [5, 5.41) is 9.75. The lowest BCUT2D eigenvalue weighted by Crippen LogP contribution is -2.31. The maximum atomic E-state index is 11.6. The van der Waals surface area contributed by atoms with Crippen molar-refractivity contribution >= 4 is 5.91 Å². The molecule has 1 atom stereocenters. The van der Waals surface area contributed by atoms with Crippen LogP contribution < -0.4 is 10.6 Å². The van der Waals surface area contributed by atoms with Gasteiger partial charge in [0.05, 0.1) is 0 Å². The van der Waals surface area contributed by atoms with Gasteiger partial charge in [-0.1, -0.05) is 5.16 Å². The van der Waals surface area contributed by atoms with E-state index in [-0.39, 0.29) is 5.91 Å². The Balaban J connectivity index is 1.54. The van der Waals surface area contributed by atoms with Crippen LogP contribution in [0.1, 0.15) is 31.6 Å². The zero-order chi connectivity index (χ0) is 12.6. The normalized spacial score (nSPS) is 19.7. The van der Waals surface area contributed by atoms with Crippen LogP contribution in [0.25, 0.3) is 0 Å². The van der Waals surface area contributed by atoms with Gasteiger partial charge in [-0.2, -0.15) is 4.98 Å². The number of aromatic nitrogens is 2. The van der Waals surface area contributed by atoms with Gasteiger partial charge in [-0.05, 0) is 38.3 Å². The third-order valence-corrected chi connectivity index (χ3v) is 3.25. The second-order valence-electron chi connectivity index (χ2n) is 4.69. The highest BCUT2D eigenvalue weighted by molar-refractivity contribution is 5.75. The van der Waals surface area contributed by atoms with Crippen LogP contribution in [0.5, 0.6) is 0 Å². The number of hydrogen-bond acceptors (Lipinski definition) is 5. The molecule has 2 heterocycles. The summed E-state index contributed by atoms with van der Waals surface area (Å²) in [5.41, 5.74) is 0. The van der Waals surface area contributed by atoms with Crippen molar-refractivity contribution in [2.45, 2.75) is 32.1 Å². The maximum absolute atomic E-state index is 11.6. The predicted octanol–water partition coefficient (Wildman–Crippen LogP) is 0.508. The first kappa shape index (κ1) is 13.0. The molecule has 0 bridgehead atoms. The van der Waals surface area contributed by atoms with E-state index < -0.39 is 0 Å². The highest BCUT2D eigenvalue weighted by Gasteiger charge is 2.14. The fourth-order valence-electron chi connectivity index (χ4n) is 2.21. The highest BCUT2D eigenvalue weighted by Crippen LogP contribution is 2.15. The van der Waals surface area contributed by atoms with Gasteiger partial charge in [0.25, 0.3) is 0 Å². The summed E-state index contributed by atoms with van der Waals surface area (Å²) in [6, 6.07) is 0. The van der Waals surface area contributed by atoms with Crippen molar-refractivity contribution in [3.8, 4) is 0 Å². The minimum Gasteiger partial charge on any atom is -0.356 e. The van der Waals surface area contributed by atoms with Gasteiger partial charge in [0, 0.05) is 19.4 Å². The lowest BCUT2D eigenvalue weighted by Gasteiger charge is -2.22. The second-order valence-corrected chi connectivity index (χ2v) is 4.69. The molecule has 6 heteroatoms. The van der Waals surface area contributed by atoms with Crippen LogP contribution in [-0.2, 0) is 11.2 Å². The van der Waals surface area contributed by atoms with Crippen molar-refractivity contribution in [3.63, 3.8) is 0 Å². The van der Waals surface area contributed by atoms with E-state index in [2.05, 4.69) is 20.8 Å². The number of amides is 1. The zero-order valence-corrected chi connectivity index (χ0v) is 10.5. The number of nitrogens with zero attached hydrogens (tertiary/aromatic N) is 2. The molecule has 1 saturated heterocycles. The molecule has 1 aliphatic rings. The number of nitrogens with one attached hydrogen (secondary N) is 2. The Kier molecular flexibility index (Phi) is 5.14. The van der Waals surface area contributed by atoms with Crippen LogP contribution in [0.4, 0.5) is 0 Å². The van der Waals surface area contributed by atoms with Gasteiger partial charge < -0.3 is 15.2 Å². The van der Waals surface area contributed by atoms with Crippen molar-refractivity contribution in [1.29, 1.82) is 0 Å². The Hall–Kier alpha value is -1.43. The van der Waals surface area contributed by atoms with E-state index in [4.69, 9.17) is 4.52 Å². The van der Waals surface area contributed by atoms with E-state index in [1.165, 1.54) is 19.2 Å². The van der Waals surface area contributed by atoms with E-state index in [1.807, 2.05) is 0 Å². The molecule has 0 aromatic carbocycles. The summed E-state index contributed by atoms with van der Waals surface area (Å²) in [4.78, 5) is 15.5. The van der Waals surface area contributed by atoms with Crippen LogP contribution in [0.3, 0.4) is 0 Å². The SMILES string of the molecule is O=C(CCC1CCCNC1)NCCc1ncno1. The van der Waals surface area contributed by atoms with Gasteiger partial charge in [0.1, 0.15) is 0 Å². The first-order chi connectivity index (χ1) is 8.84. The van der Waals surface area contributed by atoms with Gasteiger partial charge in [-0.15, -0.1) is 0 Å². The molecule has 6 nitrogen and oxygen atoms in total. The summed E-state index contributed by atoms with van der Waals surface area (Å²) in [6.45, 7) is 2.73. The van der Waals surface area contributed by atoms with Crippen molar-refractivity contribution in [3.05, 3.63) is 12.2 Å². The maximum Gasteiger partial charge on any atom is 0.228 e. The monoisotopic (exact) mass is 252 g/mol. The Morgan fingerprint density at radius 2 is 2.56 bits per heavy atom. The molecule has 0 radical (unpaired) electrons. The van der Waals surface area contributed by atoms with Crippen molar-refractivity contribution in [1.82, 2.24) is 20.8 Å². The Bertz CT molecular complexity index is 347. The van der Waals surface area contributed by atoms with Gasteiger partial charge >= 0.3 is 0 Å². The first-order valence-corrected chi connectivity index (χ1v) is 6.57. The molecule has 1 aromatic heterocycles. The van der Waals surface area contributed by atoms with E-state index >= 15 is 0 Å². The fraction of sp³-hybridized carbons (Fsp3) is 0.750. The average molecular weight is 252 g/mol. The molecule has 1 aliphatic heterocycles. The summed E-state index contributed by atoms with van der Waals surface area (Å²) >= 11 is 0. The Morgan fingerprint density at radius 3 is 3.28 bits per heavy atom. The summed E-state index contributed by atoms with van der Waals surface area (Å²) in [7, 11) is 0. The van der Waals surface area contributed by atoms with Crippen molar-refractivity contribution in [2.75, 3.05) is 19.6 Å². The lowest BCUT2D eigenvalue weighted by atomic mass is 9.94. The molecule has 1 aromatic rings. The molecule has 1 fully saturated rings. The molecule has 0 spiro atoms. The van der Waals surface area contributed by atoms with Crippen molar-refractivity contribution in [2.24, 2.45) is 5.92 Å². The van der Waals surface area contributed by atoms with E-state index in [9.17, 15) is 4.79 Å².